The highest BCUT2D eigenvalue weighted by molar-refractivity contribution is 5.81. The van der Waals surface area contributed by atoms with E-state index in [-0.39, 0.29) is 13.0 Å². The van der Waals surface area contributed by atoms with Gasteiger partial charge in [-0.3, -0.25) is 0 Å². The van der Waals surface area contributed by atoms with Crippen molar-refractivity contribution < 1.29 is 36.2 Å². The lowest BCUT2D eigenvalue weighted by molar-refractivity contribution is -0.353. The molecule has 0 aliphatic carbocycles. The van der Waals surface area contributed by atoms with E-state index in [9.17, 15) is 26.7 Å². The molecule has 0 amide bonds. The summed E-state index contributed by atoms with van der Waals surface area (Å²) in [7, 11) is 0. The molecule has 3 atom stereocenters. The van der Waals surface area contributed by atoms with Crippen LogP contribution < -0.4 is 0 Å². The van der Waals surface area contributed by atoms with Gasteiger partial charge in [-0.05, 0) is 13.3 Å². The van der Waals surface area contributed by atoms with Crippen molar-refractivity contribution in [2.75, 3.05) is 6.61 Å². The van der Waals surface area contributed by atoms with E-state index >= 15 is 0 Å². The summed E-state index contributed by atoms with van der Waals surface area (Å²) in [6.07, 6.45) is -7.91. The summed E-state index contributed by atoms with van der Waals surface area (Å²) in [6.45, 7) is 4.33. The second-order valence-electron chi connectivity index (χ2n) is 4.32. The van der Waals surface area contributed by atoms with Gasteiger partial charge in [0.15, 0.2) is 0 Å². The van der Waals surface area contributed by atoms with Gasteiger partial charge in [-0.25, -0.2) is 4.79 Å². The molecule has 1 saturated heterocycles. The van der Waals surface area contributed by atoms with Gasteiger partial charge in [0.25, 0.3) is 0 Å². The summed E-state index contributed by atoms with van der Waals surface area (Å²) < 4.78 is 71.6. The first-order valence-corrected chi connectivity index (χ1v) is 5.48. The van der Waals surface area contributed by atoms with Gasteiger partial charge in [0, 0.05) is 12.0 Å². The average Bonchev–Trinajstić information content (AvgIpc) is 2.22. The number of hydrogen-bond donors (Lipinski definition) is 0. The largest absolute Gasteiger partial charge is 0.460 e. The van der Waals surface area contributed by atoms with Crippen molar-refractivity contribution >= 4 is 5.97 Å². The van der Waals surface area contributed by atoms with E-state index in [1.54, 1.807) is 0 Å². The quantitative estimate of drug-likeness (QED) is 0.443. The third-order valence-corrected chi connectivity index (χ3v) is 2.77. The van der Waals surface area contributed by atoms with Crippen molar-refractivity contribution in [1.82, 2.24) is 0 Å². The van der Waals surface area contributed by atoms with Gasteiger partial charge in [0.05, 0.1) is 12.7 Å². The Morgan fingerprint density at radius 3 is 2.42 bits per heavy atom. The predicted octanol–water partition coefficient (Wildman–Crippen LogP) is 2.71. The molecule has 1 heterocycles. The molecule has 19 heavy (non-hydrogen) atoms. The zero-order chi connectivity index (χ0) is 14.8. The first kappa shape index (κ1) is 15.9. The highest BCUT2D eigenvalue weighted by Crippen LogP contribution is 2.46. The van der Waals surface area contributed by atoms with Gasteiger partial charge < -0.3 is 9.47 Å². The molecule has 0 N–H and O–H groups in total. The van der Waals surface area contributed by atoms with Crippen LogP contribution in [0.1, 0.15) is 13.3 Å². The number of ether oxygens (including phenoxy) is 2. The Morgan fingerprint density at radius 2 is 2.05 bits per heavy atom. The monoisotopic (exact) mass is 288 g/mol. The van der Waals surface area contributed by atoms with Crippen LogP contribution in [-0.2, 0) is 14.3 Å². The molecular formula is C11H13F5O3. The van der Waals surface area contributed by atoms with Crippen LogP contribution in [-0.4, -0.2) is 36.9 Å². The summed E-state index contributed by atoms with van der Waals surface area (Å²) in [6, 6.07) is 0. The molecular weight excluding hydrogens is 275 g/mol. The minimum Gasteiger partial charge on any atom is -0.460 e. The van der Waals surface area contributed by atoms with Crippen LogP contribution in [0, 0.1) is 5.92 Å². The van der Waals surface area contributed by atoms with Crippen molar-refractivity contribution in [3.8, 4) is 0 Å². The van der Waals surface area contributed by atoms with Crippen LogP contribution in [0.25, 0.3) is 0 Å². The maximum atomic E-state index is 13.0. The predicted molar refractivity (Wildman–Crippen MR) is 54.6 cm³/mol. The van der Waals surface area contributed by atoms with Crippen LogP contribution in [0.5, 0.6) is 0 Å². The topological polar surface area (TPSA) is 35.5 Å². The molecule has 1 fully saturated rings. The summed E-state index contributed by atoms with van der Waals surface area (Å²) in [5.41, 5.74) is 0. The third kappa shape index (κ3) is 3.43. The van der Waals surface area contributed by atoms with Crippen molar-refractivity contribution in [3.63, 3.8) is 0 Å². The molecule has 8 heteroatoms. The van der Waals surface area contributed by atoms with E-state index in [0.717, 1.165) is 6.08 Å². The average molecular weight is 288 g/mol. The lowest BCUT2D eigenvalue weighted by Crippen LogP contribution is -2.59. The van der Waals surface area contributed by atoms with Gasteiger partial charge in [-0.2, -0.15) is 22.0 Å². The Bertz CT molecular complexity index is 353. The van der Waals surface area contributed by atoms with Gasteiger partial charge in [-0.1, -0.05) is 6.58 Å². The molecule has 1 rings (SSSR count). The highest BCUT2D eigenvalue weighted by atomic mass is 19.4. The lowest BCUT2D eigenvalue weighted by Gasteiger charge is -2.42. The van der Waals surface area contributed by atoms with E-state index in [4.69, 9.17) is 4.74 Å². The zero-order valence-corrected chi connectivity index (χ0v) is 10.0. The molecule has 0 bridgehead atoms. The molecule has 3 unspecified atom stereocenters. The first-order valence-electron chi connectivity index (χ1n) is 5.48. The minimum absolute atomic E-state index is 0.129. The number of esters is 1. The maximum Gasteiger partial charge on any atom is 0.456 e. The molecule has 0 spiro atoms. The first-order chi connectivity index (χ1) is 8.59. The van der Waals surface area contributed by atoms with Crippen molar-refractivity contribution in [1.29, 1.82) is 0 Å². The minimum atomic E-state index is -5.66. The van der Waals surface area contributed by atoms with Gasteiger partial charge in [0.1, 0.15) is 6.10 Å². The molecule has 3 nitrogen and oxygen atoms in total. The standard InChI is InChI=1S/C11H13F5O3/c1-3-8(17)19-6(2)4-7-5-18-9(7)10(12,13)11(14,15)16/h3,6-7,9H,1,4-5H2,2H3. The Kier molecular flexibility index (Phi) is 4.54. The van der Waals surface area contributed by atoms with Crippen LogP contribution in [0.15, 0.2) is 12.7 Å². The number of carbonyl (C=O) groups excluding carboxylic acids is 1. The van der Waals surface area contributed by atoms with Crippen LogP contribution >= 0.6 is 0 Å². The van der Waals surface area contributed by atoms with Gasteiger partial charge >= 0.3 is 18.1 Å². The van der Waals surface area contributed by atoms with E-state index in [2.05, 4.69) is 11.3 Å². The van der Waals surface area contributed by atoms with Crippen molar-refractivity contribution in [2.24, 2.45) is 5.92 Å². The summed E-state index contributed by atoms with van der Waals surface area (Å²) in [5.74, 6) is -6.67. The molecule has 1 aliphatic rings. The molecule has 0 aromatic rings. The van der Waals surface area contributed by atoms with E-state index in [1.807, 2.05) is 0 Å². The van der Waals surface area contributed by atoms with Crippen LogP contribution in [0.4, 0.5) is 22.0 Å². The highest BCUT2D eigenvalue weighted by Gasteiger charge is 2.67. The second kappa shape index (κ2) is 5.44. The van der Waals surface area contributed by atoms with E-state index < -0.39 is 36.2 Å². The molecule has 0 saturated carbocycles. The van der Waals surface area contributed by atoms with E-state index in [0.29, 0.717) is 0 Å². The lowest BCUT2D eigenvalue weighted by atomic mass is 9.87. The Balaban J connectivity index is 2.58. The number of halogens is 5. The number of rotatable bonds is 5. The van der Waals surface area contributed by atoms with Crippen LogP contribution in [0.3, 0.4) is 0 Å². The second-order valence-corrected chi connectivity index (χ2v) is 4.32. The summed E-state index contributed by atoms with van der Waals surface area (Å²) in [4.78, 5) is 10.8. The fourth-order valence-electron chi connectivity index (χ4n) is 1.80. The zero-order valence-electron chi connectivity index (χ0n) is 10.0. The van der Waals surface area contributed by atoms with E-state index in [1.165, 1.54) is 6.92 Å². The number of hydrogen-bond acceptors (Lipinski definition) is 3. The number of alkyl halides is 5. The Labute approximate surface area is 106 Å². The number of carbonyl (C=O) groups is 1. The fourth-order valence-corrected chi connectivity index (χ4v) is 1.80. The molecule has 0 aromatic carbocycles. The maximum absolute atomic E-state index is 13.0. The van der Waals surface area contributed by atoms with Gasteiger partial charge in [-0.15, -0.1) is 0 Å². The normalized spacial score (nSPS) is 25.4. The Morgan fingerprint density at radius 1 is 1.47 bits per heavy atom. The smallest absolute Gasteiger partial charge is 0.456 e. The van der Waals surface area contributed by atoms with Crippen LogP contribution in [0.2, 0.25) is 0 Å². The SMILES string of the molecule is C=CC(=O)OC(C)CC1COC1C(F)(F)C(F)(F)F. The summed E-state index contributed by atoms with van der Waals surface area (Å²) >= 11 is 0. The third-order valence-electron chi connectivity index (χ3n) is 2.77. The van der Waals surface area contributed by atoms with Crippen molar-refractivity contribution in [3.05, 3.63) is 12.7 Å². The summed E-state index contributed by atoms with van der Waals surface area (Å²) in [5, 5.41) is 0. The van der Waals surface area contributed by atoms with Crippen molar-refractivity contribution in [2.45, 2.75) is 37.7 Å². The Hall–Kier alpha value is -1.18. The molecule has 0 radical (unpaired) electrons. The molecule has 110 valence electrons. The molecule has 0 aromatic heterocycles. The molecule has 1 aliphatic heterocycles. The van der Waals surface area contributed by atoms with Gasteiger partial charge in [0.2, 0.25) is 0 Å². The fraction of sp³-hybridized carbons (Fsp3) is 0.727.